The Labute approximate surface area is 188 Å². The lowest BCUT2D eigenvalue weighted by atomic mass is 9.82. The lowest BCUT2D eigenvalue weighted by Crippen LogP contribution is -2.42. The fraction of sp³-hybridized carbons (Fsp3) is 0.364. The van der Waals surface area contributed by atoms with Crippen LogP contribution in [0.25, 0.3) is 0 Å². The quantitative estimate of drug-likeness (QED) is 0.405. The predicted molar refractivity (Wildman–Crippen MR) is 124 cm³/mol. The van der Waals surface area contributed by atoms with Crippen molar-refractivity contribution in [2.75, 3.05) is 31.3 Å². The second kappa shape index (κ2) is 9.78. The summed E-state index contributed by atoms with van der Waals surface area (Å²) in [7, 11) is -1.54. The molecule has 0 aromatic heterocycles. The van der Waals surface area contributed by atoms with Crippen LogP contribution in [0.5, 0.6) is 0 Å². The maximum Gasteiger partial charge on any atom is 0.397 e. The number of carbonyl (C=O) groups excluding carboxylic acids is 2. The topological polar surface area (TPSA) is 148 Å². The summed E-state index contributed by atoms with van der Waals surface area (Å²) in [4.78, 5) is 26.2. The molecule has 10 heteroatoms. The van der Waals surface area contributed by atoms with E-state index in [9.17, 15) is 18.0 Å². The van der Waals surface area contributed by atoms with E-state index in [0.717, 1.165) is 7.11 Å². The highest BCUT2D eigenvalue weighted by Gasteiger charge is 2.33. The molecule has 0 radical (unpaired) electrons. The molecule has 1 atom stereocenters. The zero-order valence-corrected chi connectivity index (χ0v) is 19.5. The van der Waals surface area contributed by atoms with Crippen molar-refractivity contribution in [1.29, 1.82) is 0 Å². The summed E-state index contributed by atoms with van der Waals surface area (Å²) in [6, 6.07) is 10.7. The van der Waals surface area contributed by atoms with Crippen molar-refractivity contribution in [3.8, 4) is 0 Å². The average molecular weight is 464 g/mol. The number of rotatable bonds is 6. The maximum atomic E-state index is 13.1. The highest BCUT2D eigenvalue weighted by Crippen LogP contribution is 2.36. The summed E-state index contributed by atoms with van der Waals surface area (Å²) in [6.07, 6.45) is 0. The molecule has 0 heterocycles. The fourth-order valence-electron chi connectivity index (χ4n) is 3.10. The van der Waals surface area contributed by atoms with E-state index >= 15 is 0 Å². The highest BCUT2D eigenvalue weighted by atomic mass is 32.3. The van der Waals surface area contributed by atoms with Gasteiger partial charge in [-0.2, -0.15) is 8.42 Å². The molecule has 0 amide bonds. The van der Waals surface area contributed by atoms with Gasteiger partial charge in [-0.05, 0) is 31.9 Å². The van der Waals surface area contributed by atoms with Crippen LogP contribution >= 0.6 is 0 Å². The number of anilines is 2. The molecule has 32 heavy (non-hydrogen) atoms. The van der Waals surface area contributed by atoms with Gasteiger partial charge in [-0.25, -0.2) is 0 Å². The Balaban J connectivity index is 0.000000534. The Morgan fingerprint density at radius 2 is 1.47 bits per heavy atom. The number of carbonyl (C=O) groups is 2. The van der Waals surface area contributed by atoms with Crippen LogP contribution in [-0.4, -0.2) is 50.8 Å². The van der Waals surface area contributed by atoms with Gasteiger partial charge in [0.25, 0.3) is 0 Å². The van der Waals surface area contributed by atoms with E-state index in [2.05, 4.69) is 21.7 Å². The van der Waals surface area contributed by atoms with Gasteiger partial charge < -0.3 is 16.4 Å². The van der Waals surface area contributed by atoms with Gasteiger partial charge in [0.05, 0.1) is 18.2 Å². The van der Waals surface area contributed by atoms with E-state index in [4.69, 9.17) is 10.3 Å². The van der Waals surface area contributed by atoms with Gasteiger partial charge in [0.1, 0.15) is 0 Å². The first kappa shape index (κ1) is 25.5. The summed E-state index contributed by atoms with van der Waals surface area (Å²) >= 11 is 0. The zero-order valence-electron chi connectivity index (χ0n) is 18.7. The molecule has 0 fully saturated rings. The van der Waals surface area contributed by atoms with Gasteiger partial charge in [0, 0.05) is 41.6 Å². The molecular weight excluding hydrogens is 434 g/mol. The molecule has 174 valence electrons. The number of nitrogens with two attached hydrogens (primary N) is 1. The van der Waals surface area contributed by atoms with E-state index in [1.54, 1.807) is 31.3 Å². The molecule has 2 aromatic carbocycles. The standard InChI is InChI=1S/C21H25N3O2.CH4O4S/c1-12(21(2,3)22)11-24-16-10-9-15(23-4)17-18(16)20(26)14-8-6-5-7-13(14)19(17)25;1-5-6(2,3)4/h5-10,12,23-24H,11,22H2,1-4H3;1H3,(H,2,3,4). The van der Waals surface area contributed by atoms with Crippen LogP contribution in [0.3, 0.4) is 0 Å². The van der Waals surface area contributed by atoms with Crippen LogP contribution in [0.15, 0.2) is 36.4 Å². The third-order valence-corrected chi connectivity index (χ3v) is 5.85. The first-order valence-electron chi connectivity index (χ1n) is 9.90. The monoisotopic (exact) mass is 463 g/mol. The van der Waals surface area contributed by atoms with E-state index in [-0.39, 0.29) is 23.0 Å². The minimum atomic E-state index is -4.16. The molecular formula is C22H29N3O6S. The van der Waals surface area contributed by atoms with Crippen molar-refractivity contribution in [3.05, 3.63) is 58.7 Å². The van der Waals surface area contributed by atoms with Gasteiger partial charge >= 0.3 is 10.4 Å². The molecule has 1 aliphatic rings. The summed E-state index contributed by atoms with van der Waals surface area (Å²) in [6.45, 7) is 6.62. The average Bonchev–Trinajstić information content (AvgIpc) is 2.74. The van der Waals surface area contributed by atoms with Crippen LogP contribution in [0.4, 0.5) is 11.4 Å². The van der Waals surface area contributed by atoms with Crippen molar-refractivity contribution in [1.82, 2.24) is 0 Å². The second-order valence-electron chi connectivity index (χ2n) is 8.06. The summed E-state index contributed by atoms with van der Waals surface area (Å²) in [5, 5.41) is 6.36. The van der Waals surface area contributed by atoms with E-state index in [1.807, 2.05) is 26.0 Å². The third kappa shape index (κ3) is 5.71. The summed E-state index contributed by atoms with van der Waals surface area (Å²) in [5.41, 5.74) is 8.92. The van der Waals surface area contributed by atoms with E-state index in [1.165, 1.54) is 0 Å². The smallest absolute Gasteiger partial charge is 0.388 e. The lowest BCUT2D eigenvalue weighted by Gasteiger charge is -2.29. The number of hydrogen-bond acceptors (Lipinski definition) is 8. The van der Waals surface area contributed by atoms with Crippen molar-refractivity contribution in [2.45, 2.75) is 26.3 Å². The molecule has 3 rings (SSSR count). The van der Waals surface area contributed by atoms with Crippen molar-refractivity contribution >= 4 is 33.3 Å². The van der Waals surface area contributed by atoms with Gasteiger partial charge in [-0.1, -0.05) is 31.2 Å². The molecule has 2 aromatic rings. The van der Waals surface area contributed by atoms with Gasteiger partial charge in [0.2, 0.25) is 0 Å². The highest BCUT2D eigenvalue weighted by molar-refractivity contribution is 7.80. The third-order valence-electron chi connectivity index (χ3n) is 5.42. The minimum Gasteiger partial charge on any atom is -0.388 e. The van der Waals surface area contributed by atoms with Crippen LogP contribution < -0.4 is 16.4 Å². The van der Waals surface area contributed by atoms with Crippen LogP contribution in [0, 0.1) is 5.92 Å². The van der Waals surface area contributed by atoms with Gasteiger partial charge in [-0.3, -0.25) is 18.3 Å². The number of ketones is 2. The Morgan fingerprint density at radius 3 is 1.88 bits per heavy atom. The van der Waals surface area contributed by atoms with Crippen molar-refractivity contribution in [2.24, 2.45) is 11.7 Å². The fourth-order valence-corrected chi connectivity index (χ4v) is 3.10. The van der Waals surface area contributed by atoms with Crippen LogP contribution in [0.2, 0.25) is 0 Å². The Hall–Kier alpha value is -2.79. The Morgan fingerprint density at radius 1 is 1.03 bits per heavy atom. The normalized spacial score (nSPS) is 14.0. The van der Waals surface area contributed by atoms with Gasteiger partial charge in [0.15, 0.2) is 11.6 Å². The van der Waals surface area contributed by atoms with Crippen LogP contribution in [0.1, 0.15) is 52.6 Å². The van der Waals surface area contributed by atoms with E-state index in [0.29, 0.717) is 40.2 Å². The summed E-state index contributed by atoms with van der Waals surface area (Å²) < 4.78 is 29.7. The molecule has 0 saturated heterocycles. The molecule has 0 saturated carbocycles. The largest absolute Gasteiger partial charge is 0.397 e. The number of nitrogens with one attached hydrogen (secondary N) is 2. The van der Waals surface area contributed by atoms with Gasteiger partial charge in [-0.15, -0.1) is 0 Å². The van der Waals surface area contributed by atoms with Crippen molar-refractivity contribution in [3.63, 3.8) is 0 Å². The zero-order chi connectivity index (χ0) is 24.3. The molecule has 0 bridgehead atoms. The van der Waals surface area contributed by atoms with E-state index < -0.39 is 10.4 Å². The molecule has 0 spiro atoms. The lowest BCUT2D eigenvalue weighted by molar-refractivity contribution is 0.0980. The van der Waals surface area contributed by atoms with Crippen LogP contribution in [-0.2, 0) is 14.6 Å². The number of hydrogen-bond donors (Lipinski definition) is 4. The van der Waals surface area contributed by atoms with Crippen molar-refractivity contribution < 1.29 is 26.7 Å². The minimum absolute atomic E-state index is 0.129. The molecule has 9 nitrogen and oxygen atoms in total. The Bertz CT molecular complexity index is 1120. The molecule has 5 N–H and O–H groups in total. The molecule has 1 unspecified atom stereocenters. The first-order valence-corrected chi connectivity index (χ1v) is 11.3. The maximum absolute atomic E-state index is 13.1. The first-order chi connectivity index (χ1) is 14.8. The Kier molecular flexibility index (Phi) is 7.79. The molecule has 0 aliphatic heterocycles. The molecule has 1 aliphatic carbocycles. The SMILES string of the molecule is CNc1ccc(NCC(C)C(C)(C)N)c2c1C(=O)c1ccccc1C2=O.COS(=O)(=O)O. The number of fused-ring (bicyclic) bond motifs is 2. The summed E-state index contributed by atoms with van der Waals surface area (Å²) in [5.74, 6) is -0.0753. The second-order valence-corrected chi connectivity index (χ2v) is 9.25. The predicted octanol–water partition coefficient (Wildman–Crippen LogP) is 2.72. The number of benzene rings is 2.